The standard InChI is InChI=1S/C18H27N3O3Si.ClH/c1-25(2,3)9-8-16(18(23)24)21-17(22)14(19)10-12-11-20-15-7-5-4-6-13(12)15;/h4-7,11,14,16,20H,8-10,19H2,1-3H3,(H,21,22)(H,23,24);1H. The fourth-order valence-electron chi connectivity index (χ4n) is 2.74. The summed E-state index contributed by atoms with van der Waals surface area (Å²) >= 11 is 0. The van der Waals surface area contributed by atoms with Gasteiger partial charge in [-0.05, 0) is 24.5 Å². The van der Waals surface area contributed by atoms with E-state index in [-0.39, 0.29) is 12.4 Å². The first-order chi connectivity index (χ1) is 11.7. The zero-order chi connectivity index (χ0) is 18.6. The number of carbonyl (C=O) groups excluding carboxylic acids is 1. The summed E-state index contributed by atoms with van der Waals surface area (Å²) in [5.41, 5.74) is 7.96. The number of nitrogens with one attached hydrogen (secondary N) is 2. The van der Waals surface area contributed by atoms with Crippen LogP contribution in [-0.2, 0) is 16.0 Å². The second-order valence-electron chi connectivity index (χ2n) is 7.67. The molecular weight excluding hydrogens is 370 g/mol. The SMILES string of the molecule is C[Si](C)(C)CCC(NC(=O)C(N)Cc1c[nH]c2ccccc12)C(=O)O.Cl. The van der Waals surface area contributed by atoms with E-state index in [4.69, 9.17) is 5.73 Å². The molecule has 2 unspecified atom stereocenters. The summed E-state index contributed by atoms with van der Waals surface area (Å²) in [6.07, 6.45) is 2.64. The first kappa shape index (κ1) is 22.2. The maximum absolute atomic E-state index is 12.3. The van der Waals surface area contributed by atoms with E-state index in [0.29, 0.717) is 12.8 Å². The molecule has 0 fully saturated rings. The predicted molar refractivity (Wildman–Crippen MR) is 110 cm³/mol. The number of fused-ring (bicyclic) bond motifs is 1. The van der Waals surface area contributed by atoms with Gasteiger partial charge in [-0.3, -0.25) is 4.79 Å². The van der Waals surface area contributed by atoms with E-state index in [9.17, 15) is 14.7 Å². The van der Waals surface area contributed by atoms with Crippen molar-refractivity contribution in [2.45, 2.75) is 50.6 Å². The Bertz CT molecular complexity index is 757. The number of hydrogen-bond donors (Lipinski definition) is 4. The fourth-order valence-corrected chi connectivity index (χ4v) is 3.90. The summed E-state index contributed by atoms with van der Waals surface area (Å²) in [5, 5.41) is 13.0. The van der Waals surface area contributed by atoms with Crippen LogP contribution in [0.2, 0.25) is 25.7 Å². The number of carbonyl (C=O) groups is 2. The lowest BCUT2D eigenvalue weighted by atomic mass is 10.0. The van der Waals surface area contributed by atoms with Gasteiger partial charge in [0.25, 0.3) is 0 Å². The Morgan fingerprint density at radius 2 is 1.92 bits per heavy atom. The van der Waals surface area contributed by atoms with E-state index in [2.05, 4.69) is 29.9 Å². The number of carboxylic acids is 1. The van der Waals surface area contributed by atoms with Crippen LogP contribution >= 0.6 is 12.4 Å². The molecule has 2 atom stereocenters. The van der Waals surface area contributed by atoms with Crippen molar-refractivity contribution < 1.29 is 14.7 Å². The highest BCUT2D eigenvalue weighted by Gasteiger charge is 2.26. The van der Waals surface area contributed by atoms with Crippen LogP contribution in [0.4, 0.5) is 0 Å². The van der Waals surface area contributed by atoms with Gasteiger partial charge in [-0.25, -0.2) is 4.79 Å². The molecule has 0 spiro atoms. The quantitative estimate of drug-likeness (QED) is 0.513. The molecule has 1 amide bonds. The molecule has 0 aliphatic heterocycles. The molecule has 0 radical (unpaired) electrons. The number of aromatic nitrogens is 1. The molecule has 1 aromatic heterocycles. The highest BCUT2D eigenvalue weighted by Crippen LogP contribution is 2.19. The van der Waals surface area contributed by atoms with Crippen molar-refractivity contribution in [1.82, 2.24) is 10.3 Å². The van der Waals surface area contributed by atoms with Crippen LogP contribution < -0.4 is 11.1 Å². The summed E-state index contributed by atoms with van der Waals surface area (Å²) in [6, 6.07) is 6.97. The molecule has 2 aromatic rings. The summed E-state index contributed by atoms with van der Waals surface area (Å²) in [7, 11) is -1.38. The van der Waals surface area contributed by atoms with Gasteiger partial charge in [0.15, 0.2) is 0 Å². The summed E-state index contributed by atoms with van der Waals surface area (Å²) < 4.78 is 0. The lowest BCUT2D eigenvalue weighted by Gasteiger charge is -2.21. The van der Waals surface area contributed by atoms with Gasteiger partial charge in [0, 0.05) is 25.2 Å². The van der Waals surface area contributed by atoms with Crippen molar-refractivity contribution in [3.8, 4) is 0 Å². The van der Waals surface area contributed by atoms with Crippen LogP contribution in [0.15, 0.2) is 30.5 Å². The third-order valence-electron chi connectivity index (χ3n) is 4.25. The van der Waals surface area contributed by atoms with Gasteiger partial charge in [-0.2, -0.15) is 0 Å². The Morgan fingerprint density at radius 1 is 1.27 bits per heavy atom. The summed E-state index contributed by atoms with van der Waals surface area (Å²) in [5.74, 6) is -1.43. The van der Waals surface area contributed by atoms with E-state index in [1.54, 1.807) is 0 Å². The number of aliphatic carboxylic acids is 1. The molecule has 6 nitrogen and oxygen atoms in total. The zero-order valence-corrected chi connectivity index (χ0v) is 17.2. The highest BCUT2D eigenvalue weighted by molar-refractivity contribution is 6.76. The Labute approximate surface area is 161 Å². The predicted octanol–water partition coefficient (Wildman–Crippen LogP) is 2.76. The minimum absolute atomic E-state index is 0. The van der Waals surface area contributed by atoms with Crippen molar-refractivity contribution in [3.63, 3.8) is 0 Å². The average molecular weight is 398 g/mol. The van der Waals surface area contributed by atoms with Gasteiger partial charge in [0.05, 0.1) is 6.04 Å². The van der Waals surface area contributed by atoms with E-state index < -0.39 is 32.0 Å². The Morgan fingerprint density at radius 3 is 2.54 bits per heavy atom. The van der Waals surface area contributed by atoms with Crippen LogP contribution in [0.25, 0.3) is 10.9 Å². The molecule has 144 valence electrons. The Kier molecular flexibility index (Phi) is 7.86. The highest BCUT2D eigenvalue weighted by atomic mass is 35.5. The van der Waals surface area contributed by atoms with Crippen LogP contribution in [-0.4, -0.2) is 42.1 Å². The maximum Gasteiger partial charge on any atom is 0.326 e. The summed E-state index contributed by atoms with van der Waals surface area (Å²) in [6.45, 7) is 6.53. The van der Waals surface area contributed by atoms with E-state index in [1.807, 2.05) is 30.5 Å². The van der Waals surface area contributed by atoms with Crippen molar-refractivity contribution >= 4 is 43.3 Å². The normalized spacial score (nSPS) is 13.7. The molecule has 0 aliphatic carbocycles. The topological polar surface area (TPSA) is 108 Å². The monoisotopic (exact) mass is 397 g/mol. The maximum atomic E-state index is 12.3. The molecule has 0 saturated carbocycles. The molecule has 1 heterocycles. The molecular formula is C18H28ClN3O3Si. The van der Waals surface area contributed by atoms with Crippen molar-refractivity contribution in [3.05, 3.63) is 36.0 Å². The third-order valence-corrected chi connectivity index (χ3v) is 6.04. The lowest BCUT2D eigenvalue weighted by molar-refractivity contribution is -0.142. The third kappa shape index (κ3) is 6.16. The van der Waals surface area contributed by atoms with Crippen LogP contribution in [0.1, 0.15) is 12.0 Å². The number of amides is 1. The number of hydrogen-bond acceptors (Lipinski definition) is 3. The van der Waals surface area contributed by atoms with Crippen LogP contribution in [0.5, 0.6) is 0 Å². The molecule has 5 N–H and O–H groups in total. The second-order valence-corrected chi connectivity index (χ2v) is 13.3. The van der Waals surface area contributed by atoms with Crippen LogP contribution in [0, 0.1) is 0 Å². The van der Waals surface area contributed by atoms with Crippen molar-refractivity contribution in [1.29, 1.82) is 0 Å². The minimum Gasteiger partial charge on any atom is -0.480 e. The van der Waals surface area contributed by atoms with Gasteiger partial charge < -0.3 is 21.1 Å². The second kappa shape index (κ2) is 9.20. The average Bonchev–Trinajstić information content (AvgIpc) is 2.93. The molecule has 0 saturated heterocycles. The lowest BCUT2D eigenvalue weighted by Crippen LogP contribution is -2.49. The van der Waals surface area contributed by atoms with Crippen LogP contribution in [0.3, 0.4) is 0 Å². The number of rotatable bonds is 8. The number of nitrogens with two attached hydrogens (primary N) is 1. The van der Waals surface area contributed by atoms with E-state index >= 15 is 0 Å². The number of aromatic amines is 1. The van der Waals surface area contributed by atoms with Crippen molar-refractivity contribution in [2.75, 3.05) is 0 Å². The smallest absolute Gasteiger partial charge is 0.326 e. The molecule has 2 rings (SSSR count). The van der Waals surface area contributed by atoms with Crippen molar-refractivity contribution in [2.24, 2.45) is 5.73 Å². The largest absolute Gasteiger partial charge is 0.480 e. The van der Waals surface area contributed by atoms with Gasteiger partial charge in [-0.15, -0.1) is 12.4 Å². The van der Waals surface area contributed by atoms with Gasteiger partial charge >= 0.3 is 5.97 Å². The molecule has 8 heteroatoms. The minimum atomic E-state index is -1.38. The number of para-hydroxylation sites is 1. The Hall–Kier alpha value is -1.83. The molecule has 0 aliphatic rings. The molecule has 26 heavy (non-hydrogen) atoms. The summed E-state index contributed by atoms with van der Waals surface area (Å²) in [4.78, 5) is 26.9. The first-order valence-electron chi connectivity index (χ1n) is 8.51. The van der Waals surface area contributed by atoms with Gasteiger partial charge in [0.2, 0.25) is 5.91 Å². The molecule has 0 bridgehead atoms. The first-order valence-corrected chi connectivity index (χ1v) is 12.2. The zero-order valence-electron chi connectivity index (χ0n) is 15.4. The van der Waals surface area contributed by atoms with Gasteiger partial charge in [0.1, 0.15) is 6.04 Å². The van der Waals surface area contributed by atoms with Gasteiger partial charge in [-0.1, -0.05) is 43.9 Å². The number of H-pyrrole nitrogens is 1. The molecule has 1 aromatic carbocycles. The van der Waals surface area contributed by atoms with E-state index in [1.165, 1.54) is 0 Å². The Balaban J connectivity index is 0.00000338. The number of benzene rings is 1. The number of carboxylic acid groups (broad SMARTS) is 1. The fraction of sp³-hybridized carbons (Fsp3) is 0.444. The van der Waals surface area contributed by atoms with E-state index in [0.717, 1.165) is 22.5 Å². The number of halogens is 1.